The monoisotopic (exact) mass is 305 g/mol. The molecule has 1 fully saturated rings. The van der Waals surface area contributed by atoms with Crippen molar-refractivity contribution in [3.05, 3.63) is 34.4 Å². The summed E-state index contributed by atoms with van der Waals surface area (Å²) in [4.78, 5) is 0. The van der Waals surface area contributed by atoms with Crippen LogP contribution in [0.1, 0.15) is 63.3 Å². The van der Waals surface area contributed by atoms with E-state index in [2.05, 4.69) is 52.1 Å². The van der Waals surface area contributed by atoms with Crippen LogP contribution in [-0.4, -0.2) is 23.3 Å². The summed E-state index contributed by atoms with van der Waals surface area (Å²) in [5.74, 6) is -1.25. The number of nitrogens with one attached hydrogen (secondary N) is 1. The van der Waals surface area contributed by atoms with E-state index in [0.717, 1.165) is 24.8 Å². The maximum absolute atomic E-state index is 11.1. The molecule has 3 heteroatoms. The lowest BCUT2D eigenvalue weighted by atomic mass is 9.87. The lowest BCUT2D eigenvalue weighted by molar-refractivity contribution is -0.263. The molecule has 124 valence electrons. The van der Waals surface area contributed by atoms with Crippen LogP contribution in [0.2, 0.25) is 0 Å². The Labute approximate surface area is 135 Å². The van der Waals surface area contributed by atoms with Gasteiger partial charge in [0, 0.05) is 11.1 Å². The minimum Gasteiger partial charge on any atom is -0.361 e. The molecule has 2 rings (SSSR count). The lowest BCUT2D eigenvalue weighted by Crippen LogP contribution is -2.63. The highest BCUT2D eigenvalue weighted by atomic mass is 16.6. The Kier molecular flexibility index (Phi) is 5.00. The van der Waals surface area contributed by atoms with Crippen molar-refractivity contribution in [2.24, 2.45) is 0 Å². The van der Waals surface area contributed by atoms with E-state index in [1.54, 1.807) is 0 Å². The first-order valence-corrected chi connectivity index (χ1v) is 8.50. The molecule has 2 atom stereocenters. The van der Waals surface area contributed by atoms with Gasteiger partial charge < -0.3 is 15.2 Å². The van der Waals surface area contributed by atoms with E-state index in [-0.39, 0.29) is 11.6 Å². The maximum Gasteiger partial charge on any atom is 0.208 e. The van der Waals surface area contributed by atoms with Crippen LogP contribution in [0.5, 0.6) is 0 Å². The first kappa shape index (κ1) is 17.5. The van der Waals surface area contributed by atoms with Crippen LogP contribution in [0.15, 0.2) is 12.1 Å². The van der Waals surface area contributed by atoms with E-state index in [4.69, 9.17) is 4.74 Å². The summed E-state index contributed by atoms with van der Waals surface area (Å²) < 4.78 is 5.93. The second-order valence-corrected chi connectivity index (χ2v) is 7.27. The minimum absolute atomic E-state index is 0.115. The molecule has 1 aromatic carbocycles. The second kappa shape index (κ2) is 6.31. The molecule has 1 aromatic rings. The standard InChI is InChI=1S/C19H31NO2/c1-7-9-15-11-16(10-13(3)17(15)8-2)19(21)14(4)20-18(5,6)12-22-19/h10-11,14,20-21H,7-9,12H2,1-6H3. The first-order valence-electron chi connectivity index (χ1n) is 8.50. The van der Waals surface area contributed by atoms with Gasteiger partial charge in [-0.1, -0.05) is 32.4 Å². The molecule has 1 aliphatic rings. The van der Waals surface area contributed by atoms with Crippen LogP contribution in [0, 0.1) is 6.92 Å². The van der Waals surface area contributed by atoms with Crippen molar-refractivity contribution in [2.45, 2.75) is 78.2 Å². The van der Waals surface area contributed by atoms with Gasteiger partial charge in [0.15, 0.2) is 0 Å². The number of hydrogen-bond donors (Lipinski definition) is 2. The van der Waals surface area contributed by atoms with Crippen molar-refractivity contribution in [2.75, 3.05) is 6.61 Å². The minimum atomic E-state index is -1.25. The maximum atomic E-state index is 11.1. The number of ether oxygens (including phenoxy) is 1. The number of rotatable bonds is 4. The Morgan fingerprint density at radius 1 is 1.32 bits per heavy atom. The average Bonchev–Trinajstić information content (AvgIpc) is 2.43. The molecular weight excluding hydrogens is 274 g/mol. The summed E-state index contributed by atoms with van der Waals surface area (Å²) in [6.07, 6.45) is 3.18. The summed E-state index contributed by atoms with van der Waals surface area (Å²) in [6, 6.07) is 4.08. The van der Waals surface area contributed by atoms with Gasteiger partial charge in [-0.25, -0.2) is 0 Å². The third kappa shape index (κ3) is 3.22. The Balaban J connectivity index is 2.43. The Hall–Kier alpha value is -0.900. The number of aryl methyl sites for hydroxylation is 2. The van der Waals surface area contributed by atoms with E-state index >= 15 is 0 Å². The van der Waals surface area contributed by atoms with Gasteiger partial charge in [0.05, 0.1) is 12.6 Å². The number of morpholine rings is 1. The second-order valence-electron chi connectivity index (χ2n) is 7.27. The van der Waals surface area contributed by atoms with Crippen molar-refractivity contribution >= 4 is 0 Å². The molecule has 2 unspecified atom stereocenters. The molecular formula is C19H31NO2. The fourth-order valence-electron chi connectivity index (χ4n) is 3.57. The first-order chi connectivity index (χ1) is 10.2. The van der Waals surface area contributed by atoms with Crippen LogP contribution in [0.3, 0.4) is 0 Å². The zero-order chi connectivity index (χ0) is 16.5. The van der Waals surface area contributed by atoms with Gasteiger partial charge in [-0.2, -0.15) is 0 Å². The molecule has 0 spiro atoms. The molecule has 3 nitrogen and oxygen atoms in total. The fraction of sp³-hybridized carbons (Fsp3) is 0.684. The smallest absolute Gasteiger partial charge is 0.208 e. The van der Waals surface area contributed by atoms with Gasteiger partial charge in [-0.3, -0.25) is 0 Å². The van der Waals surface area contributed by atoms with E-state index in [1.807, 2.05) is 6.92 Å². The van der Waals surface area contributed by atoms with Crippen LogP contribution >= 0.6 is 0 Å². The number of aliphatic hydroxyl groups is 1. The van der Waals surface area contributed by atoms with Crippen molar-refractivity contribution < 1.29 is 9.84 Å². The predicted octanol–water partition coefficient (Wildman–Crippen LogP) is 3.44. The molecule has 2 N–H and O–H groups in total. The van der Waals surface area contributed by atoms with Crippen LogP contribution in [0.25, 0.3) is 0 Å². The van der Waals surface area contributed by atoms with E-state index in [0.29, 0.717) is 6.61 Å². The van der Waals surface area contributed by atoms with E-state index in [1.165, 1.54) is 16.7 Å². The highest BCUT2D eigenvalue weighted by Crippen LogP contribution is 2.35. The normalized spacial score (nSPS) is 27.9. The SMILES string of the molecule is CCCc1cc(C2(O)OCC(C)(C)NC2C)cc(C)c1CC. The van der Waals surface area contributed by atoms with Crippen molar-refractivity contribution in [1.29, 1.82) is 0 Å². The van der Waals surface area contributed by atoms with Crippen molar-refractivity contribution in [1.82, 2.24) is 5.32 Å². The summed E-state index contributed by atoms with van der Waals surface area (Å²) in [5, 5.41) is 14.6. The van der Waals surface area contributed by atoms with Gasteiger partial charge >= 0.3 is 0 Å². The molecule has 1 aliphatic heterocycles. The molecule has 1 saturated heterocycles. The highest BCUT2D eigenvalue weighted by molar-refractivity contribution is 5.41. The fourth-order valence-corrected chi connectivity index (χ4v) is 3.57. The summed E-state index contributed by atoms with van der Waals surface area (Å²) >= 11 is 0. The van der Waals surface area contributed by atoms with Gasteiger partial charge in [0.2, 0.25) is 5.79 Å². The highest BCUT2D eigenvalue weighted by Gasteiger charge is 2.45. The Morgan fingerprint density at radius 3 is 2.55 bits per heavy atom. The summed E-state index contributed by atoms with van der Waals surface area (Å²) in [7, 11) is 0. The van der Waals surface area contributed by atoms with Crippen molar-refractivity contribution in [3.63, 3.8) is 0 Å². The lowest BCUT2D eigenvalue weighted by Gasteiger charge is -2.46. The topological polar surface area (TPSA) is 41.5 Å². The third-order valence-electron chi connectivity index (χ3n) is 4.70. The average molecular weight is 305 g/mol. The molecule has 0 aliphatic carbocycles. The number of benzene rings is 1. The van der Waals surface area contributed by atoms with Crippen LogP contribution in [-0.2, 0) is 23.4 Å². The Bertz CT molecular complexity index is 538. The predicted molar refractivity (Wildman–Crippen MR) is 91.1 cm³/mol. The molecule has 0 bridgehead atoms. The molecule has 0 saturated carbocycles. The van der Waals surface area contributed by atoms with Gasteiger partial charge in [0.1, 0.15) is 0 Å². The zero-order valence-corrected chi connectivity index (χ0v) is 14.9. The third-order valence-corrected chi connectivity index (χ3v) is 4.70. The van der Waals surface area contributed by atoms with Crippen molar-refractivity contribution in [3.8, 4) is 0 Å². The van der Waals surface area contributed by atoms with E-state index in [9.17, 15) is 5.11 Å². The molecule has 0 amide bonds. The number of hydrogen-bond acceptors (Lipinski definition) is 3. The zero-order valence-electron chi connectivity index (χ0n) is 14.9. The summed E-state index contributed by atoms with van der Waals surface area (Å²) in [5.41, 5.74) is 4.76. The Morgan fingerprint density at radius 2 is 2.00 bits per heavy atom. The van der Waals surface area contributed by atoms with Crippen LogP contribution in [0.4, 0.5) is 0 Å². The quantitative estimate of drug-likeness (QED) is 0.895. The van der Waals surface area contributed by atoms with Gasteiger partial charge in [-0.05, 0) is 57.2 Å². The van der Waals surface area contributed by atoms with Gasteiger partial charge in [0.25, 0.3) is 0 Å². The largest absolute Gasteiger partial charge is 0.361 e. The molecule has 22 heavy (non-hydrogen) atoms. The summed E-state index contributed by atoms with van der Waals surface area (Å²) in [6.45, 7) is 13.2. The molecule has 1 heterocycles. The molecule has 0 radical (unpaired) electrons. The molecule has 0 aromatic heterocycles. The van der Waals surface area contributed by atoms with E-state index < -0.39 is 5.79 Å². The van der Waals surface area contributed by atoms with Gasteiger partial charge in [-0.15, -0.1) is 0 Å². The van der Waals surface area contributed by atoms with Crippen LogP contribution < -0.4 is 5.32 Å².